The number of carbonyl (C=O) groups is 4. The highest BCUT2D eigenvalue weighted by Gasteiger charge is 2.38. The number of amides is 3. The van der Waals surface area contributed by atoms with Gasteiger partial charge in [-0.2, -0.15) is 0 Å². The number of carboxylic acid groups (broad SMARTS) is 1. The van der Waals surface area contributed by atoms with Gasteiger partial charge in [-0.05, 0) is 32.1 Å². The lowest BCUT2D eigenvalue weighted by molar-refractivity contribution is -0.149. The van der Waals surface area contributed by atoms with Gasteiger partial charge in [-0.1, -0.05) is 13.8 Å². The number of likely N-dealkylation sites (tertiary alicyclic amines) is 1. The number of nitrogens with zero attached hydrogens (tertiary/aromatic N) is 2. The van der Waals surface area contributed by atoms with Crippen LogP contribution in [0, 0.1) is 5.92 Å². The summed E-state index contributed by atoms with van der Waals surface area (Å²) in [4.78, 5) is 58.4. The van der Waals surface area contributed by atoms with Crippen LogP contribution in [0.1, 0.15) is 45.7 Å². The molecule has 12 nitrogen and oxygen atoms in total. The van der Waals surface area contributed by atoms with Crippen LogP contribution in [0.4, 0.5) is 0 Å². The van der Waals surface area contributed by atoms with Gasteiger partial charge >= 0.3 is 5.97 Å². The number of nitrogens with two attached hydrogens (primary N) is 1. The van der Waals surface area contributed by atoms with E-state index in [0.717, 1.165) is 0 Å². The molecule has 184 valence electrons. The van der Waals surface area contributed by atoms with E-state index in [9.17, 15) is 29.4 Å². The van der Waals surface area contributed by atoms with Crippen molar-refractivity contribution >= 4 is 23.7 Å². The number of imidazole rings is 1. The highest BCUT2D eigenvalue weighted by atomic mass is 16.4. The molecule has 1 aliphatic heterocycles. The normalized spacial score (nSPS) is 19.6. The molecule has 5 unspecified atom stereocenters. The Balaban J connectivity index is 2.21. The van der Waals surface area contributed by atoms with Gasteiger partial charge in [0.1, 0.15) is 24.2 Å². The molecule has 1 aromatic heterocycles. The van der Waals surface area contributed by atoms with Crippen LogP contribution in [0.5, 0.6) is 0 Å². The summed E-state index contributed by atoms with van der Waals surface area (Å²) >= 11 is 0. The second kappa shape index (κ2) is 11.8. The van der Waals surface area contributed by atoms with Crippen molar-refractivity contribution in [3.63, 3.8) is 0 Å². The SMILES string of the molecule is CC(C)CC(NC(=O)C(Cc1cnc[nH]1)NC(=O)C(N)C(C)O)C(=O)N1CCCC1C(=O)O. The third-order valence-electron chi connectivity index (χ3n) is 5.58. The Hall–Kier alpha value is -2.99. The average Bonchev–Trinajstić information content (AvgIpc) is 3.43. The topological polar surface area (TPSA) is 191 Å². The standard InChI is InChI=1S/C21H34N6O6/c1-11(2)7-15(20(31)27-6-4-5-16(27)21(32)33)26-18(29)14(8-13-9-23-10-24-13)25-19(30)17(22)12(3)28/h9-12,14-17,28H,4-8,22H2,1-3H3,(H,23,24)(H,25,30)(H,26,29)(H,32,33). The van der Waals surface area contributed by atoms with Crippen LogP contribution >= 0.6 is 0 Å². The summed E-state index contributed by atoms with van der Waals surface area (Å²) in [6.45, 7) is 5.44. The number of aliphatic hydroxyl groups excluding tert-OH is 1. The van der Waals surface area contributed by atoms with E-state index in [0.29, 0.717) is 31.5 Å². The smallest absolute Gasteiger partial charge is 0.326 e. The van der Waals surface area contributed by atoms with Crippen LogP contribution in [0.3, 0.4) is 0 Å². The van der Waals surface area contributed by atoms with Crippen LogP contribution in [0.2, 0.25) is 0 Å². The maximum absolute atomic E-state index is 13.2. The van der Waals surface area contributed by atoms with Gasteiger partial charge in [0.15, 0.2) is 0 Å². The zero-order valence-electron chi connectivity index (χ0n) is 19.2. The second-order valence-electron chi connectivity index (χ2n) is 8.83. The Labute approximate surface area is 192 Å². The van der Waals surface area contributed by atoms with Crippen LogP contribution in [0.25, 0.3) is 0 Å². The van der Waals surface area contributed by atoms with E-state index in [2.05, 4.69) is 20.6 Å². The second-order valence-corrected chi connectivity index (χ2v) is 8.83. The zero-order chi connectivity index (χ0) is 24.7. The molecular formula is C21H34N6O6. The largest absolute Gasteiger partial charge is 0.480 e. The monoisotopic (exact) mass is 466 g/mol. The van der Waals surface area contributed by atoms with Gasteiger partial charge in [0.2, 0.25) is 17.7 Å². The molecule has 0 spiro atoms. The number of H-pyrrole nitrogens is 1. The number of rotatable bonds is 11. The fraction of sp³-hybridized carbons (Fsp3) is 0.667. The van der Waals surface area contributed by atoms with Gasteiger partial charge in [-0.25, -0.2) is 9.78 Å². The maximum atomic E-state index is 13.2. The number of carbonyl (C=O) groups excluding carboxylic acids is 3. The first kappa shape index (κ1) is 26.3. The molecule has 0 aliphatic carbocycles. The number of aliphatic carboxylic acids is 1. The number of aliphatic hydroxyl groups is 1. The predicted molar refractivity (Wildman–Crippen MR) is 118 cm³/mol. The van der Waals surface area contributed by atoms with Crippen LogP contribution in [0.15, 0.2) is 12.5 Å². The molecule has 0 saturated carbocycles. The van der Waals surface area contributed by atoms with E-state index in [1.165, 1.54) is 24.3 Å². The Bertz CT molecular complexity index is 827. The summed E-state index contributed by atoms with van der Waals surface area (Å²) in [5.41, 5.74) is 6.26. The summed E-state index contributed by atoms with van der Waals surface area (Å²) in [6.07, 6.45) is 3.08. The van der Waals surface area contributed by atoms with Crippen molar-refractivity contribution in [1.29, 1.82) is 0 Å². The first-order valence-electron chi connectivity index (χ1n) is 11.1. The molecule has 1 fully saturated rings. The first-order valence-corrected chi connectivity index (χ1v) is 11.1. The van der Waals surface area contributed by atoms with Crippen molar-refractivity contribution in [2.24, 2.45) is 11.7 Å². The summed E-state index contributed by atoms with van der Waals surface area (Å²) in [5.74, 6) is -2.85. The summed E-state index contributed by atoms with van der Waals surface area (Å²) in [6, 6.07) is -4.21. The fourth-order valence-corrected chi connectivity index (χ4v) is 3.77. The maximum Gasteiger partial charge on any atom is 0.326 e. The quantitative estimate of drug-likeness (QED) is 0.233. The van der Waals surface area contributed by atoms with Gasteiger partial charge in [-0.3, -0.25) is 14.4 Å². The number of aromatic nitrogens is 2. The highest BCUT2D eigenvalue weighted by Crippen LogP contribution is 2.20. The third-order valence-corrected chi connectivity index (χ3v) is 5.58. The van der Waals surface area contributed by atoms with Gasteiger partial charge in [0.25, 0.3) is 0 Å². The number of aromatic amines is 1. The molecule has 7 N–H and O–H groups in total. The average molecular weight is 467 g/mol. The molecule has 33 heavy (non-hydrogen) atoms. The lowest BCUT2D eigenvalue weighted by Gasteiger charge is -2.29. The number of nitrogens with one attached hydrogen (secondary N) is 3. The molecule has 0 aromatic carbocycles. The van der Waals surface area contributed by atoms with E-state index < -0.39 is 54.0 Å². The zero-order valence-corrected chi connectivity index (χ0v) is 19.2. The molecule has 12 heteroatoms. The van der Waals surface area contributed by atoms with Crippen molar-refractivity contribution in [2.45, 2.75) is 76.7 Å². The first-order chi connectivity index (χ1) is 15.5. The van der Waals surface area contributed by atoms with Gasteiger partial charge in [-0.15, -0.1) is 0 Å². The van der Waals surface area contributed by atoms with Gasteiger partial charge in [0.05, 0.1) is 12.4 Å². The lowest BCUT2D eigenvalue weighted by atomic mass is 10.0. The molecule has 2 rings (SSSR count). The minimum absolute atomic E-state index is 0.0365. The van der Waals surface area contributed by atoms with Crippen LogP contribution < -0.4 is 16.4 Å². The van der Waals surface area contributed by atoms with Crippen LogP contribution in [-0.4, -0.2) is 85.6 Å². The van der Waals surface area contributed by atoms with E-state index in [1.54, 1.807) is 0 Å². The van der Waals surface area contributed by atoms with E-state index in [-0.39, 0.29) is 12.3 Å². The minimum Gasteiger partial charge on any atom is -0.480 e. The Morgan fingerprint density at radius 3 is 2.42 bits per heavy atom. The summed E-state index contributed by atoms with van der Waals surface area (Å²) in [7, 11) is 0. The van der Waals surface area contributed by atoms with Crippen molar-refractivity contribution in [3.05, 3.63) is 18.2 Å². The van der Waals surface area contributed by atoms with Crippen molar-refractivity contribution in [3.8, 4) is 0 Å². The molecule has 0 bridgehead atoms. The fourth-order valence-electron chi connectivity index (χ4n) is 3.77. The van der Waals surface area contributed by atoms with Gasteiger partial charge in [0, 0.05) is 24.9 Å². The van der Waals surface area contributed by atoms with Gasteiger partial charge < -0.3 is 36.5 Å². The predicted octanol–water partition coefficient (Wildman–Crippen LogP) is -1.25. The molecule has 1 aliphatic rings. The molecule has 3 amide bonds. The van der Waals surface area contributed by atoms with E-state index >= 15 is 0 Å². The number of hydrogen-bond donors (Lipinski definition) is 6. The molecule has 0 radical (unpaired) electrons. The molecular weight excluding hydrogens is 432 g/mol. The Morgan fingerprint density at radius 1 is 1.21 bits per heavy atom. The Morgan fingerprint density at radius 2 is 1.88 bits per heavy atom. The van der Waals surface area contributed by atoms with Crippen molar-refractivity contribution in [1.82, 2.24) is 25.5 Å². The van der Waals surface area contributed by atoms with Crippen molar-refractivity contribution in [2.75, 3.05) is 6.54 Å². The molecule has 1 aromatic rings. The minimum atomic E-state index is -1.24. The van der Waals surface area contributed by atoms with Crippen LogP contribution in [-0.2, 0) is 25.6 Å². The molecule has 1 saturated heterocycles. The highest BCUT2D eigenvalue weighted by molar-refractivity contribution is 5.94. The molecule has 5 atom stereocenters. The summed E-state index contributed by atoms with van der Waals surface area (Å²) in [5, 5.41) is 24.3. The van der Waals surface area contributed by atoms with Crippen molar-refractivity contribution < 1.29 is 29.4 Å². The third kappa shape index (κ3) is 7.26. The molecule has 2 heterocycles. The number of hydrogen-bond acceptors (Lipinski definition) is 7. The lowest BCUT2D eigenvalue weighted by Crippen LogP contribution is -2.58. The number of carboxylic acids is 1. The van der Waals surface area contributed by atoms with E-state index in [1.807, 2.05) is 13.8 Å². The summed E-state index contributed by atoms with van der Waals surface area (Å²) < 4.78 is 0. The Kier molecular flexibility index (Phi) is 9.35. The van der Waals surface area contributed by atoms with E-state index in [4.69, 9.17) is 5.73 Å².